The zero-order valence-corrected chi connectivity index (χ0v) is 10.5. The maximum Gasteiger partial charge on any atom is 0.303 e. The third-order valence-electron chi connectivity index (χ3n) is 2.61. The number of carboxylic acids is 1. The Bertz CT molecular complexity index is 618. The molecule has 2 rings (SSSR count). The van der Waals surface area contributed by atoms with Crippen LogP contribution in [0.2, 0.25) is 0 Å². The molecule has 1 amide bonds. The second-order valence-corrected chi connectivity index (χ2v) is 4.21. The van der Waals surface area contributed by atoms with Crippen LogP contribution in [0.5, 0.6) is 0 Å². The largest absolute Gasteiger partial charge is 0.481 e. The predicted molar refractivity (Wildman–Crippen MR) is 67.5 cm³/mol. The number of aliphatic carboxylic acids is 1. The minimum atomic E-state index is -0.977. The van der Waals surface area contributed by atoms with E-state index in [1.54, 1.807) is 13.0 Å². The van der Waals surface area contributed by atoms with Crippen LogP contribution in [0, 0.1) is 6.92 Å². The molecule has 0 aliphatic carbocycles. The van der Waals surface area contributed by atoms with Gasteiger partial charge < -0.3 is 14.8 Å². The minimum Gasteiger partial charge on any atom is -0.481 e. The number of amides is 1. The molecule has 19 heavy (non-hydrogen) atoms. The van der Waals surface area contributed by atoms with Gasteiger partial charge in [-0.2, -0.15) is 0 Å². The molecule has 6 nitrogen and oxygen atoms in total. The monoisotopic (exact) mass is 262 g/mol. The van der Waals surface area contributed by atoms with Gasteiger partial charge in [0.05, 0.1) is 6.42 Å². The fraction of sp³-hybridized carbons (Fsp3) is 0.308. The number of carboxylic acid groups (broad SMARTS) is 1. The summed E-state index contributed by atoms with van der Waals surface area (Å²) in [6.45, 7) is 2.12. The zero-order chi connectivity index (χ0) is 13.8. The number of nitrogens with zero attached hydrogens (tertiary/aromatic N) is 1. The SMILES string of the molecule is Cc1nc2cc(CNC(=O)CCC(=O)O)ccc2o1. The molecule has 2 N–H and O–H groups in total. The van der Waals surface area contributed by atoms with Crippen molar-refractivity contribution in [1.82, 2.24) is 10.3 Å². The average molecular weight is 262 g/mol. The van der Waals surface area contributed by atoms with Crippen molar-refractivity contribution >= 4 is 23.0 Å². The maximum atomic E-state index is 11.4. The Balaban J connectivity index is 1.94. The van der Waals surface area contributed by atoms with Crippen molar-refractivity contribution in [3.8, 4) is 0 Å². The summed E-state index contributed by atoms with van der Waals surface area (Å²) in [6.07, 6.45) is -0.173. The van der Waals surface area contributed by atoms with Gasteiger partial charge in [0.1, 0.15) is 5.52 Å². The summed E-state index contributed by atoms with van der Waals surface area (Å²) in [5, 5.41) is 11.1. The quantitative estimate of drug-likeness (QED) is 0.854. The van der Waals surface area contributed by atoms with Gasteiger partial charge in [0, 0.05) is 19.9 Å². The normalized spacial score (nSPS) is 10.6. The molecule has 0 bridgehead atoms. The first kappa shape index (κ1) is 13.1. The summed E-state index contributed by atoms with van der Waals surface area (Å²) < 4.78 is 5.35. The first-order chi connectivity index (χ1) is 9.04. The highest BCUT2D eigenvalue weighted by atomic mass is 16.4. The van der Waals surface area contributed by atoms with Crippen LogP contribution in [-0.2, 0) is 16.1 Å². The molecule has 0 radical (unpaired) electrons. The molecule has 0 fully saturated rings. The molecule has 0 saturated heterocycles. The number of carbonyl (C=O) groups is 2. The molecule has 0 aliphatic heterocycles. The first-order valence-corrected chi connectivity index (χ1v) is 5.89. The third kappa shape index (κ3) is 3.54. The number of aromatic nitrogens is 1. The predicted octanol–water partition coefficient (Wildman–Crippen LogP) is 1.62. The summed E-state index contributed by atoms with van der Waals surface area (Å²) in [7, 11) is 0. The molecular formula is C13H14N2O4. The van der Waals surface area contributed by atoms with E-state index < -0.39 is 5.97 Å². The van der Waals surface area contributed by atoms with Gasteiger partial charge in [0.15, 0.2) is 11.5 Å². The van der Waals surface area contributed by atoms with Gasteiger partial charge in [-0.05, 0) is 17.7 Å². The molecule has 0 spiro atoms. The van der Waals surface area contributed by atoms with Gasteiger partial charge in [-0.25, -0.2) is 4.98 Å². The van der Waals surface area contributed by atoms with Gasteiger partial charge in [0.2, 0.25) is 5.91 Å². The molecule has 0 unspecified atom stereocenters. The van der Waals surface area contributed by atoms with E-state index in [0.717, 1.165) is 11.1 Å². The first-order valence-electron chi connectivity index (χ1n) is 5.89. The molecule has 1 aromatic carbocycles. The number of nitrogens with one attached hydrogen (secondary N) is 1. The van der Waals surface area contributed by atoms with E-state index in [1.165, 1.54) is 0 Å². The van der Waals surface area contributed by atoms with Crippen molar-refractivity contribution in [2.75, 3.05) is 0 Å². The van der Waals surface area contributed by atoms with E-state index in [-0.39, 0.29) is 18.7 Å². The molecule has 6 heteroatoms. The lowest BCUT2D eigenvalue weighted by atomic mass is 10.2. The van der Waals surface area contributed by atoms with Crippen molar-refractivity contribution in [1.29, 1.82) is 0 Å². The van der Waals surface area contributed by atoms with Crippen molar-refractivity contribution in [3.05, 3.63) is 29.7 Å². The number of carbonyl (C=O) groups excluding carboxylic acids is 1. The van der Waals surface area contributed by atoms with Crippen LogP contribution in [-0.4, -0.2) is 22.0 Å². The fourth-order valence-electron chi connectivity index (χ4n) is 1.71. The average Bonchev–Trinajstić information content (AvgIpc) is 2.73. The highest BCUT2D eigenvalue weighted by Gasteiger charge is 2.06. The van der Waals surface area contributed by atoms with Crippen molar-refractivity contribution in [2.24, 2.45) is 0 Å². The molecule has 0 atom stereocenters. The van der Waals surface area contributed by atoms with Crippen molar-refractivity contribution in [2.45, 2.75) is 26.3 Å². The second kappa shape index (κ2) is 5.51. The number of hydrogen-bond donors (Lipinski definition) is 2. The zero-order valence-electron chi connectivity index (χ0n) is 10.5. The minimum absolute atomic E-state index is 0.0132. The van der Waals surface area contributed by atoms with Crippen LogP contribution < -0.4 is 5.32 Å². The molecule has 1 heterocycles. The number of aryl methyl sites for hydroxylation is 1. The molecule has 0 saturated carbocycles. The lowest BCUT2D eigenvalue weighted by Crippen LogP contribution is -2.23. The Hall–Kier alpha value is -2.37. The van der Waals surface area contributed by atoms with Gasteiger partial charge in [0.25, 0.3) is 0 Å². The number of hydrogen-bond acceptors (Lipinski definition) is 4. The number of fused-ring (bicyclic) bond motifs is 1. The lowest BCUT2D eigenvalue weighted by molar-refractivity contribution is -0.138. The highest BCUT2D eigenvalue weighted by Crippen LogP contribution is 2.16. The van der Waals surface area contributed by atoms with Crippen LogP contribution in [0.25, 0.3) is 11.1 Å². The molecule has 1 aromatic heterocycles. The molecule has 0 aliphatic rings. The Morgan fingerprint density at radius 1 is 1.37 bits per heavy atom. The maximum absolute atomic E-state index is 11.4. The standard InChI is InChI=1S/C13H14N2O4/c1-8-15-10-6-9(2-3-11(10)19-8)7-14-12(16)4-5-13(17)18/h2-3,6H,4-5,7H2,1H3,(H,14,16)(H,17,18). The van der Waals surface area contributed by atoms with Crippen LogP contribution in [0.15, 0.2) is 22.6 Å². The summed E-state index contributed by atoms with van der Waals surface area (Å²) in [4.78, 5) is 25.9. The lowest BCUT2D eigenvalue weighted by Gasteiger charge is -2.04. The van der Waals surface area contributed by atoms with E-state index in [9.17, 15) is 9.59 Å². The topological polar surface area (TPSA) is 92.4 Å². The second-order valence-electron chi connectivity index (χ2n) is 4.21. The van der Waals surface area contributed by atoms with E-state index >= 15 is 0 Å². The van der Waals surface area contributed by atoms with E-state index in [1.807, 2.05) is 12.1 Å². The number of oxazole rings is 1. The van der Waals surface area contributed by atoms with Crippen LogP contribution in [0.1, 0.15) is 24.3 Å². The highest BCUT2D eigenvalue weighted by molar-refractivity contribution is 5.80. The fourth-order valence-corrected chi connectivity index (χ4v) is 1.71. The number of rotatable bonds is 5. The Morgan fingerprint density at radius 2 is 2.16 bits per heavy atom. The number of benzene rings is 1. The van der Waals surface area contributed by atoms with Gasteiger partial charge >= 0.3 is 5.97 Å². The van der Waals surface area contributed by atoms with Gasteiger partial charge in [-0.3, -0.25) is 9.59 Å². The van der Waals surface area contributed by atoms with E-state index in [0.29, 0.717) is 18.0 Å². The molecular weight excluding hydrogens is 248 g/mol. The van der Waals surface area contributed by atoms with Crippen molar-refractivity contribution in [3.63, 3.8) is 0 Å². The van der Waals surface area contributed by atoms with Gasteiger partial charge in [-0.15, -0.1) is 0 Å². The van der Waals surface area contributed by atoms with Gasteiger partial charge in [-0.1, -0.05) is 6.07 Å². The summed E-state index contributed by atoms with van der Waals surface area (Å²) in [5.41, 5.74) is 2.35. The summed E-state index contributed by atoms with van der Waals surface area (Å²) >= 11 is 0. The molecule has 100 valence electrons. The third-order valence-corrected chi connectivity index (χ3v) is 2.61. The van der Waals surface area contributed by atoms with Crippen LogP contribution in [0.3, 0.4) is 0 Å². The Kier molecular flexibility index (Phi) is 3.79. The van der Waals surface area contributed by atoms with Crippen molar-refractivity contribution < 1.29 is 19.1 Å². The summed E-state index contributed by atoms with van der Waals surface area (Å²) in [6, 6.07) is 5.47. The summed E-state index contributed by atoms with van der Waals surface area (Å²) in [5.74, 6) is -0.661. The van der Waals surface area contributed by atoms with E-state index in [4.69, 9.17) is 9.52 Å². The smallest absolute Gasteiger partial charge is 0.303 e. The van der Waals surface area contributed by atoms with Crippen LogP contribution in [0.4, 0.5) is 0 Å². The molecule has 2 aromatic rings. The Labute approximate surface area is 109 Å². The van der Waals surface area contributed by atoms with Crippen LogP contribution >= 0.6 is 0 Å². The Morgan fingerprint density at radius 3 is 2.89 bits per heavy atom. The van der Waals surface area contributed by atoms with E-state index in [2.05, 4.69) is 10.3 Å².